The van der Waals surface area contributed by atoms with E-state index in [0.717, 1.165) is 22.3 Å². The Bertz CT molecular complexity index is 919. The first-order valence-corrected chi connectivity index (χ1v) is 9.96. The molecule has 0 atom stereocenters. The number of carbonyl (C=O) groups excluding carboxylic acids is 1. The van der Waals surface area contributed by atoms with Crippen LogP contribution in [-0.2, 0) is 21.5 Å². The number of hydrogen-bond donors (Lipinski definition) is 2. The molecule has 0 spiro atoms. The van der Waals surface area contributed by atoms with Crippen LogP contribution in [0.1, 0.15) is 33.4 Å². The molecule has 26 heavy (non-hydrogen) atoms. The fourth-order valence-corrected chi connectivity index (χ4v) is 4.28. The molecule has 0 heterocycles. The van der Waals surface area contributed by atoms with Gasteiger partial charge in [-0.05, 0) is 74.6 Å². The first-order valence-electron chi connectivity index (χ1n) is 8.10. The second-order valence-electron chi connectivity index (χ2n) is 6.53. The number of thiol groups is 1. The van der Waals surface area contributed by atoms with E-state index < -0.39 is 16.2 Å². The van der Waals surface area contributed by atoms with Crippen LogP contribution in [0, 0.1) is 34.6 Å². The first kappa shape index (κ1) is 20.3. The van der Waals surface area contributed by atoms with Crippen LogP contribution in [0.2, 0.25) is 0 Å². The van der Waals surface area contributed by atoms with Crippen LogP contribution in [0.5, 0.6) is 5.75 Å². The van der Waals surface area contributed by atoms with E-state index in [1.165, 1.54) is 0 Å². The zero-order valence-corrected chi connectivity index (χ0v) is 17.2. The van der Waals surface area contributed by atoms with Gasteiger partial charge >= 0.3 is 10.3 Å². The maximum absolute atomic E-state index is 12.2. The molecule has 0 aliphatic heterocycles. The van der Waals surface area contributed by atoms with E-state index in [4.69, 9.17) is 4.18 Å². The lowest BCUT2D eigenvalue weighted by molar-refractivity contribution is -0.118. The fraction of sp³-hybridized carbons (Fsp3) is 0.316. The van der Waals surface area contributed by atoms with E-state index in [1.807, 2.05) is 37.6 Å². The largest absolute Gasteiger partial charge is 0.409 e. The van der Waals surface area contributed by atoms with E-state index in [9.17, 15) is 13.2 Å². The number of carbonyl (C=O) groups is 1. The van der Waals surface area contributed by atoms with Gasteiger partial charge in [0.25, 0.3) is 0 Å². The zero-order valence-electron chi connectivity index (χ0n) is 15.5. The average molecular weight is 394 g/mol. The summed E-state index contributed by atoms with van der Waals surface area (Å²) in [5.41, 5.74) is 5.06. The molecule has 140 valence electrons. The molecule has 0 radical (unpaired) electrons. The molecule has 0 saturated carbocycles. The van der Waals surface area contributed by atoms with Crippen LogP contribution >= 0.6 is 12.6 Å². The lowest BCUT2D eigenvalue weighted by Crippen LogP contribution is -2.35. The highest BCUT2D eigenvalue weighted by Crippen LogP contribution is 2.27. The zero-order chi connectivity index (χ0) is 19.6. The molecule has 0 unspecified atom stereocenters. The lowest BCUT2D eigenvalue weighted by Gasteiger charge is -2.14. The Hall–Kier alpha value is -1.99. The summed E-state index contributed by atoms with van der Waals surface area (Å²) in [6.45, 7) is 9.22. The van der Waals surface area contributed by atoms with Crippen molar-refractivity contribution in [3.8, 4) is 5.75 Å². The average Bonchev–Trinajstić information content (AvgIpc) is 2.46. The van der Waals surface area contributed by atoms with E-state index in [1.54, 1.807) is 26.0 Å². The van der Waals surface area contributed by atoms with Crippen LogP contribution in [0.4, 0.5) is 0 Å². The van der Waals surface area contributed by atoms with Gasteiger partial charge in [0.1, 0.15) is 5.75 Å². The van der Waals surface area contributed by atoms with Gasteiger partial charge in [-0.15, -0.1) is 12.6 Å². The van der Waals surface area contributed by atoms with Crippen molar-refractivity contribution >= 4 is 28.8 Å². The van der Waals surface area contributed by atoms with Crippen molar-refractivity contribution in [3.63, 3.8) is 0 Å². The lowest BCUT2D eigenvalue weighted by atomic mass is 9.97. The summed E-state index contributed by atoms with van der Waals surface area (Å²) in [4.78, 5) is 13.0. The van der Waals surface area contributed by atoms with Gasteiger partial charge < -0.3 is 4.18 Å². The highest BCUT2D eigenvalue weighted by atomic mass is 32.2. The molecule has 0 bridgehead atoms. The van der Waals surface area contributed by atoms with Crippen molar-refractivity contribution in [2.45, 2.75) is 45.9 Å². The summed E-state index contributed by atoms with van der Waals surface area (Å²) in [5, 5.41) is 0. The quantitative estimate of drug-likeness (QED) is 0.763. The third-order valence-corrected chi connectivity index (χ3v) is 5.18. The van der Waals surface area contributed by atoms with Gasteiger partial charge in [0.2, 0.25) is 5.91 Å². The highest BCUT2D eigenvalue weighted by Gasteiger charge is 2.20. The monoisotopic (exact) mass is 393 g/mol. The summed E-state index contributed by atoms with van der Waals surface area (Å²) in [7, 11) is -4.27. The third-order valence-electron chi connectivity index (χ3n) is 4.05. The minimum Gasteiger partial charge on any atom is -0.366 e. The maximum atomic E-state index is 12.2. The molecule has 2 aromatic carbocycles. The molecular weight excluding hydrogens is 370 g/mol. The maximum Gasteiger partial charge on any atom is 0.409 e. The molecule has 0 aromatic heterocycles. The van der Waals surface area contributed by atoms with Gasteiger partial charge in [0, 0.05) is 4.90 Å². The van der Waals surface area contributed by atoms with Crippen molar-refractivity contribution < 1.29 is 17.4 Å². The van der Waals surface area contributed by atoms with Crippen molar-refractivity contribution in [3.05, 3.63) is 57.6 Å². The number of hydrogen-bond acceptors (Lipinski definition) is 5. The van der Waals surface area contributed by atoms with Crippen molar-refractivity contribution in [1.82, 2.24) is 4.72 Å². The van der Waals surface area contributed by atoms with E-state index in [2.05, 4.69) is 12.6 Å². The van der Waals surface area contributed by atoms with Gasteiger partial charge in [-0.1, -0.05) is 17.7 Å². The standard InChI is InChI=1S/C19H23NO4S2/c1-11-6-12(2)17(13(3)7-11)10-18(21)20-26(22,23)24-19-14(4)8-16(25)9-15(19)5/h6-9,25H,10H2,1-5H3,(H,20,21). The van der Waals surface area contributed by atoms with Crippen LogP contribution in [0.3, 0.4) is 0 Å². The number of aryl methyl sites for hydroxylation is 5. The molecule has 0 saturated heterocycles. The van der Waals surface area contributed by atoms with Crippen LogP contribution < -0.4 is 8.91 Å². The summed E-state index contributed by atoms with van der Waals surface area (Å²) >= 11 is 4.25. The SMILES string of the molecule is Cc1cc(C)c(CC(=O)NS(=O)(=O)Oc2c(C)cc(S)cc2C)c(C)c1. The smallest absolute Gasteiger partial charge is 0.366 e. The van der Waals surface area contributed by atoms with Crippen molar-refractivity contribution in [1.29, 1.82) is 0 Å². The van der Waals surface area contributed by atoms with Gasteiger partial charge in [-0.2, -0.15) is 8.42 Å². The number of nitrogens with one attached hydrogen (secondary N) is 1. The molecule has 7 heteroatoms. The predicted octanol–water partition coefficient (Wildman–Crippen LogP) is 3.50. The summed E-state index contributed by atoms with van der Waals surface area (Å²) in [6.07, 6.45) is -0.0337. The molecule has 2 rings (SSSR count). The Labute approximate surface area is 160 Å². The molecule has 0 aliphatic carbocycles. The van der Waals surface area contributed by atoms with Gasteiger partial charge in [-0.25, -0.2) is 4.72 Å². The Kier molecular flexibility index (Phi) is 6.03. The second kappa shape index (κ2) is 7.72. The van der Waals surface area contributed by atoms with E-state index in [0.29, 0.717) is 16.0 Å². The first-order chi connectivity index (χ1) is 12.0. The number of rotatable bonds is 5. The highest BCUT2D eigenvalue weighted by molar-refractivity contribution is 7.85. The summed E-state index contributed by atoms with van der Waals surface area (Å²) < 4.78 is 31.6. The van der Waals surface area contributed by atoms with Crippen LogP contribution in [0.25, 0.3) is 0 Å². The normalized spacial score (nSPS) is 11.3. The van der Waals surface area contributed by atoms with Gasteiger partial charge in [0.15, 0.2) is 0 Å². The third kappa shape index (κ3) is 5.02. The molecule has 0 aliphatic rings. The topological polar surface area (TPSA) is 72.5 Å². The fourth-order valence-electron chi connectivity index (χ4n) is 3.01. The molecule has 1 amide bonds. The van der Waals surface area contributed by atoms with Crippen LogP contribution in [-0.4, -0.2) is 14.3 Å². The minimum absolute atomic E-state index is 0.0337. The van der Waals surface area contributed by atoms with Gasteiger partial charge in [-0.3, -0.25) is 4.79 Å². The Morgan fingerprint density at radius 3 is 1.96 bits per heavy atom. The molecule has 1 N–H and O–H groups in total. The number of benzene rings is 2. The second-order valence-corrected chi connectivity index (χ2v) is 8.32. The van der Waals surface area contributed by atoms with E-state index in [-0.39, 0.29) is 12.2 Å². The Morgan fingerprint density at radius 1 is 0.962 bits per heavy atom. The Balaban J connectivity index is 2.16. The van der Waals surface area contributed by atoms with Crippen molar-refractivity contribution in [2.24, 2.45) is 0 Å². The minimum atomic E-state index is -4.27. The van der Waals surface area contributed by atoms with Crippen LogP contribution in [0.15, 0.2) is 29.2 Å². The predicted molar refractivity (Wildman–Crippen MR) is 105 cm³/mol. The molecular formula is C19H23NO4S2. The summed E-state index contributed by atoms with van der Waals surface area (Å²) in [5.74, 6) is -0.438. The van der Waals surface area contributed by atoms with Crippen molar-refractivity contribution in [2.75, 3.05) is 0 Å². The van der Waals surface area contributed by atoms with Gasteiger partial charge in [0.05, 0.1) is 6.42 Å². The summed E-state index contributed by atoms with van der Waals surface area (Å²) in [6, 6.07) is 7.32. The molecule has 2 aromatic rings. The Morgan fingerprint density at radius 2 is 1.46 bits per heavy atom. The molecule has 5 nitrogen and oxygen atoms in total. The number of amides is 1. The van der Waals surface area contributed by atoms with E-state index >= 15 is 0 Å². The molecule has 0 fully saturated rings.